The van der Waals surface area contributed by atoms with Crippen LogP contribution in [0.15, 0.2) is 24.3 Å². The van der Waals surface area contributed by atoms with Crippen molar-refractivity contribution in [1.29, 1.82) is 0 Å². The van der Waals surface area contributed by atoms with Gasteiger partial charge in [-0.05, 0) is 67.4 Å². The molecule has 3 rings (SSSR count). The first-order valence-corrected chi connectivity index (χ1v) is 12.4. The third kappa shape index (κ3) is 5.64. The number of rotatable bonds is 9. The quantitative estimate of drug-likeness (QED) is 0.430. The second kappa shape index (κ2) is 10.6. The van der Waals surface area contributed by atoms with Crippen LogP contribution < -0.4 is 0 Å². The third-order valence-electron chi connectivity index (χ3n) is 8.03. The van der Waals surface area contributed by atoms with Gasteiger partial charge < -0.3 is 5.11 Å². The van der Waals surface area contributed by atoms with E-state index in [0.717, 1.165) is 43.1 Å². The molecule has 2 nitrogen and oxygen atoms in total. The number of carbonyl (C=O) groups is 1. The van der Waals surface area contributed by atoms with E-state index in [0.29, 0.717) is 5.92 Å². The molecule has 2 aliphatic carbocycles. The van der Waals surface area contributed by atoms with Gasteiger partial charge in [0, 0.05) is 0 Å². The van der Waals surface area contributed by atoms with Crippen LogP contribution in [-0.4, -0.2) is 11.1 Å². The topological polar surface area (TPSA) is 37.3 Å². The Labute approximate surface area is 178 Å². The van der Waals surface area contributed by atoms with Crippen LogP contribution in [-0.2, 0) is 10.2 Å². The van der Waals surface area contributed by atoms with Crippen molar-refractivity contribution in [1.82, 2.24) is 0 Å². The van der Waals surface area contributed by atoms with Crippen LogP contribution in [0.1, 0.15) is 121 Å². The minimum Gasteiger partial charge on any atom is -0.481 e. The monoisotopic (exact) mass is 398 g/mol. The molecule has 0 aromatic heterocycles. The second-order valence-electron chi connectivity index (χ2n) is 10.1. The Morgan fingerprint density at radius 3 is 2.14 bits per heavy atom. The van der Waals surface area contributed by atoms with Gasteiger partial charge in [-0.1, -0.05) is 89.5 Å². The van der Waals surface area contributed by atoms with Gasteiger partial charge in [0.25, 0.3) is 0 Å². The molecule has 2 fully saturated rings. The van der Waals surface area contributed by atoms with E-state index in [2.05, 4.69) is 38.1 Å². The van der Waals surface area contributed by atoms with Crippen molar-refractivity contribution in [2.45, 2.75) is 115 Å². The number of hydrogen-bond acceptors (Lipinski definition) is 1. The van der Waals surface area contributed by atoms with E-state index in [-0.39, 0.29) is 0 Å². The van der Waals surface area contributed by atoms with Gasteiger partial charge >= 0.3 is 5.97 Å². The molecule has 2 saturated carbocycles. The van der Waals surface area contributed by atoms with Crippen LogP contribution >= 0.6 is 0 Å². The average Bonchev–Trinajstić information content (AvgIpc) is 2.75. The smallest absolute Gasteiger partial charge is 0.314 e. The molecule has 0 amide bonds. The number of hydrogen-bond donors (Lipinski definition) is 1. The van der Waals surface area contributed by atoms with E-state index >= 15 is 0 Å². The fourth-order valence-electron chi connectivity index (χ4n) is 5.79. The fourth-order valence-corrected chi connectivity index (χ4v) is 5.79. The van der Waals surface area contributed by atoms with Gasteiger partial charge in [-0.25, -0.2) is 0 Å². The summed E-state index contributed by atoms with van der Waals surface area (Å²) in [7, 11) is 0. The molecule has 2 heteroatoms. The van der Waals surface area contributed by atoms with E-state index in [1.807, 2.05) is 0 Å². The first-order chi connectivity index (χ1) is 14.0. The van der Waals surface area contributed by atoms with E-state index in [9.17, 15) is 9.90 Å². The first kappa shape index (κ1) is 22.4. The molecule has 1 N–H and O–H groups in total. The highest BCUT2D eigenvalue weighted by atomic mass is 16.4. The Bertz CT molecular complexity index is 616. The van der Waals surface area contributed by atoms with Gasteiger partial charge in [-0.3, -0.25) is 4.79 Å². The highest BCUT2D eigenvalue weighted by Gasteiger charge is 2.43. The summed E-state index contributed by atoms with van der Waals surface area (Å²) in [5.74, 6) is 1.65. The lowest BCUT2D eigenvalue weighted by Crippen LogP contribution is -2.39. The molecule has 0 aliphatic heterocycles. The maximum Gasteiger partial charge on any atom is 0.314 e. The van der Waals surface area contributed by atoms with E-state index in [1.54, 1.807) is 0 Å². The zero-order valence-corrected chi connectivity index (χ0v) is 18.8. The maximum atomic E-state index is 12.3. The van der Waals surface area contributed by atoms with E-state index in [1.165, 1.54) is 69.8 Å². The molecular formula is C27H42O2. The van der Waals surface area contributed by atoms with Crippen molar-refractivity contribution < 1.29 is 9.90 Å². The molecule has 0 saturated heterocycles. The van der Waals surface area contributed by atoms with Crippen LogP contribution in [0.3, 0.4) is 0 Å². The van der Waals surface area contributed by atoms with Crippen molar-refractivity contribution in [2.75, 3.05) is 0 Å². The van der Waals surface area contributed by atoms with Gasteiger partial charge in [0.1, 0.15) is 0 Å². The standard InChI is InChI=1S/C27H42O2/c1-3-4-5-6-7-8-22-17-19-27(20-18-22,26(28)29)25-15-13-24(14-16-25)23-11-9-21(2)10-12-23/h13-16,21-23H,3-12,17-20H2,1-2H3,(H,28,29). The zero-order valence-electron chi connectivity index (χ0n) is 18.8. The maximum absolute atomic E-state index is 12.3. The molecule has 0 spiro atoms. The summed E-state index contributed by atoms with van der Waals surface area (Å²) in [5.41, 5.74) is 1.81. The predicted octanol–water partition coefficient (Wildman–Crippen LogP) is 7.85. The largest absolute Gasteiger partial charge is 0.481 e. The molecule has 0 unspecified atom stereocenters. The summed E-state index contributed by atoms with van der Waals surface area (Å²) in [6, 6.07) is 8.76. The van der Waals surface area contributed by atoms with Crippen LogP contribution in [0.4, 0.5) is 0 Å². The van der Waals surface area contributed by atoms with Crippen LogP contribution in [0.25, 0.3) is 0 Å². The van der Waals surface area contributed by atoms with Crippen molar-refractivity contribution in [3.63, 3.8) is 0 Å². The second-order valence-corrected chi connectivity index (χ2v) is 10.1. The molecule has 0 radical (unpaired) electrons. The Kier molecular flexibility index (Phi) is 8.21. The van der Waals surface area contributed by atoms with Gasteiger partial charge in [0.15, 0.2) is 0 Å². The first-order valence-electron chi connectivity index (χ1n) is 12.4. The molecule has 1 aromatic rings. The van der Waals surface area contributed by atoms with E-state index in [4.69, 9.17) is 0 Å². The molecule has 29 heavy (non-hydrogen) atoms. The average molecular weight is 399 g/mol. The van der Waals surface area contributed by atoms with E-state index < -0.39 is 11.4 Å². The molecule has 1 aromatic carbocycles. The van der Waals surface area contributed by atoms with Crippen molar-refractivity contribution in [3.05, 3.63) is 35.4 Å². The lowest BCUT2D eigenvalue weighted by Gasteiger charge is -2.37. The van der Waals surface area contributed by atoms with Gasteiger partial charge in [0.05, 0.1) is 5.41 Å². The highest BCUT2D eigenvalue weighted by Crippen LogP contribution is 2.44. The Morgan fingerprint density at radius 1 is 0.931 bits per heavy atom. The highest BCUT2D eigenvalue weighted by molar-refractivity contribution is 5.81. The SMILES string of the molecule is CCCCCCCC1CCC(C(=O)O)(c2ccc(C3CCC(C)CC3)cc2)CC1. The fraction of sp³-hybridized carbons (Fsp3) is 0.741. The lowest BCUT2D eigenvalue weighted by molar-refractivity contribution is -0.145. The number of unbranched alkanes of at least 4 members (excludes halogenated alkanes) is 4. The Hall–Kier alpha value is -1.31. The molecule has 162 valence electrons. The molecule has 0 bridgehead atoms. The summed E-state index contributed by atoms with van der Waals surface area (Å²) in [4.78, 5) is 12.3. The molecule has 0 atom stereocenters. The zero-order chi connectivity index (χ0) is 20.7. The molecule has 0 heterocycles. The van der Waals surface area contributed by atoms with Gasteiger partial charge in [0.2, 0.25) is 0 Å². The summed E-state index contributed by atoms with van der Waals surface area (Å²) < 4.78 is 0. The molecular weight excluding hydrogens is 356 g/mol. The lowest BCUT2D eigenvalue weighted by atomic mass is 9.65. The van der Waals surface area contributed by atoms with Gasteiger partial charge in [-0.15, -0.1) is 0 Å². The Morgan fingerprint density at radius 2 is 1.55 bits per heavy atom. The number of carboxylic acids is 1. The summed E-state index contributed by atoms with van der Waals surface area (Å²) in [5, 5.41) is 10.1. The predicted molar refractivity (Wildman–Crippen MR) is 121 cm³/mol. The summed E-state index contributed by atoms with van der Waals surface area (Å²) >= 11 is 0. The number of aliphatic carboxylic acids is 1. The number of benzene rings is 1. The van der Waals surface area contributed by atoms with Crippen LogP contribution in [0.5, 0.6) is 0 Å². The Balaban J connectivity index is 1.58. The normalized spacial score (nSPS) is 30.2. The van der Waals surface area contributed by atoms with Crippen molar-refractivity contribution >= 4 is 5.97 Å². The van der Waals surface area contributed by atoms with Crippen LogP contribution in [0.2, 0.25) is 0 Å². The van der Waals surface area contributed by atoms with Crippen LogP contribution in [0, 0.1) is 11.8 Å². The number of carboxylic acid groups (broad SMARTS) is 1. The van der Waals surface area contributed by atoms with Crippen molar-refractivity contribution in [3.8, 4) is 0 Å². The minimum atomic E-state index is -0.654. The summed E-state index contributed by atoms with van der Waals surface area (Å²) in [6.45, 7) is 4.62. The summed E-state index contributed by atoms with van der Waals surface area (Å²) in [6.07, 6.45) is 16.9. The third-order valence-corrected chi connectivity index (χ3v) is 8.03. The van der Waals surface area contributed by atoms with Gasteiger partial charge in [-0.2, -0.15) is 0 Å². The van der Waals surface area contributed by atoms with Crippen molar-refractivity contribution in [2.24, 2.45) is 11.8 Å². The molecule has 2 aliphatic rings. The minimum absolute atomic E-state index is 0.613.